The summed E-state index contributed by atoms with van der Waals surface area (Å²) in [6, 6.07) is 28.2. The van der Waals surface area contributed by atoms with Gasteiger partial charge in [0.25, 0.3) is 5.91 Å². The highest BCUT2D eigenvalue weighted by Gasteiger charge is 2.22. The van der Waals surface area contributed by atoms with Crippen LogP contribution in [0.2, 0.25) is 0 Å². The Bertz CT molecular complexity index is 1590. The van der Waals surface area contributed by atoms with Crippen molar-refractivity contribution in [3.63, 3.8) is 0 Å². The van der Waals surface area contributed by atoms with E-state index in [1.807, 2.05) is 72.8 Å². The summed E-state index contributed by atoms with van der Waals surface area (Å²) in [4.78, 5) is 20.3. The van der Waals surface area contributed by atoms with E-state index in [1.54, 1.807) is 23.1 Å². The van der Waals surface area contributed by atoms with Crippen LogP contribution in [0.15, 0.2) is 95.9 Å². The molecule has 0 saturated carbocycles. The number of nitrogens with zero attached hydrogens (tertiary/aromatic N) is 2. The van der Waals surface area contributed by atoms with Crippen LogP contribution in [0.1, 0.15) is 15.9 Å². The molecule has 4 aromatic carbocycles. The number of anilines is 1. The Balaban J connectivity index is 1.60. The van der Waals surface area contributed by atoms with E-state index in [2.05, 4.69) is 4.98 Å². The lowest BCUT2D eigenvalue weighted by Crippen LogP contribution is -2.30. The number of hydrogen-bond acceptors (Lipinski definition) is 5. The SMILES string of the molecule is CS(=O)(=O)c1ccc2nc(N(Cc3ccccc3)C(=O)c3ccc4ccccc4c3)sc2c1. The zero-order valence-corrected chi connectivity index (χ0v) is 19.4. The van der Waals surface area contributed by atoms with Crippen LogP contribution >= 0.6 is 11.3 Å². The zero-order valence-electron chi connectivity index (χ0n) is 17.8. The first kappa shape index (κ1) is 21.3. The van der Waals surface area contributed by atoms with Crippen molar-refractivity contribution in [1.82, 2.24) is 4.98 Å². The number of carbonyl (C=O) groups excluding carboxylic acids is 1. The van der Waals surface area contributed by atoms with Crippen LogP contribution in [0.3, 0.4) is 0 Å². The van der Waals surface area contributed by atoms with Gasteiger partial charge < -0.3 is 0 Å². The molecule has 1 aromatic heterocycles. The monoisotopic (exact) mass is 472 g/mol. The highest BCUT2D eigenvalue weighted by molar-refractivity contribution is 7.90. The average molecular weight is 473 g/mol. The third-order valence-corrected chi connectivity index (χ3v) is 7.58. The predicted octanol–water partition coefficient (Wildman–Crippen LogP) is 5.70. The minimum absolute atomic E-state index is 0.160. The van der Waals surface area contributed by atoms with E-state index in [4.69, 9.17) is 0 Å². The number of amides is 1. The van der Waals surface area contributed by atoms with Crippen LogP contribution in [-0.2, 0) is 16.4 Å². The van der Waals surface area contributed by atoms with Crippen LogP contribution in [-0.4, -0.2) is 25.6 Å². The van der Waals surface area contributed by atoms with Crippen molar-refractivity contribution in [2.24, 2.45) is 0 Å². The first-order chi connectivity index (χ1) is 15.9. The molecule has 1 heterocycles. The molecule has 0 fully saturated rings. The molecule has 0 bridgehead atoms. The third kappa shape index (κ3) is 4.37. The maximum atomic E-state index is 13.7. The molecule has 0 atom stereocenters. The predicted molar refractivity (Wildman–Crippen MR) is 134 cm³/mol. The Hall–Kier alpha value is -3.55. The molecule has 0 aliphatic heterocycles. The first-order valence-electron chi connectivity index (χ1n) is 10.3. The number of aromatic nitrogens is 1. The molecule has 0 radical (unpaired) electrons. The molecule has 0 N–H and O–H groups in total. The fraction of sp³-hybridized carbons (Fsp3) is 0.0769. The Morgan fingerprint density at radius 2 is 1.61 bits per heavy atom. The summed E-state index contributed by atoms with van der Waals surface area (Å²) in [5.41, 5.74) is 2.20. The van der Waals surface area contributed by atoms with Crippen molar-refractivity contribution in [2.45, 2.75) is 11.4 Å². The largest absolute Gasteiger partial charge is 0.279 e. The maximum Gasteiger partial charge on any atom is 0.260 e. The van der Waals surface area contributed by atoms with E-state index in [1.165, 1.54) is 17.6 Å². The summed E-state index contributed by atoms with van der Waals surface area (Å²) in [5.74, 6) is -0.160. The molecular weight excluding hydrogens is 452 g/mol. The topological polar surface area (TPSA) is 67.3 Å². The van der Waals surface area contributed by atoms with Crippen LogP contribution in [0.25, 0.3) is 21.0 Å². The second-order valence-electron chi connectivity index (χ2n) is 7.84. The Labute approximate surface area is 195 Å². The number of rotatable bonds is 5. The average Bonchev–Trinajstić information content (AvgIpc) is 3.25. The third-order valence-electron chi connectivity index (χ3n) is 5.43. The van der Waals surface area contributed by atoms with Gasteiger partial charge in [0, 0.05) is 11.8 Å². The lowest BCUT2D eigenvalue weighted by Gasteiger charge is -2.20. The van der Waals surface area contributed by atoms with Gasteiger partial charge in [-0.25, -0.2) is 13.4 Å². The number of carbonyl (C=O) groups is 1. The number of hydrogen-bond donors (Lipinski definition) is 0. The Morgan fingerprint density at radius 3 is 2.36 bits per heavy atom. The molecule has 0 aliphatic carbocycles. The molecule has 0 spiro atoms. The van der Waals surface area contributed by atoms with Gasteiger partial charge in [0.2, 0.25) is 0 Å². The molecule has 33 heavy (non-hydrogen) atoms. The van der Waals surface area contributed by atoms with E-state index in [0.717, 1.165) is 21.0 Å². The van der Waals surface area contributed by atoms with Gasteiger partial charge in [-0.2, -0.15) is 0 Å². The lowest BCUT2D eigenvalue weighted by molar-refractivity contribution is 0.0985. The molecule has 0 unspecified atom stereocenters. The Morgan fingerprint density at radius 1 is 0.879 bits per heavy atom. The molecule has 1 amide bonds. The molecule has 5 nitrogen and oxygen atoms in total. The van der Waals surface area contributed by atoms with Gasteiger partial charge in [0.15, 0.2) is 15.0 Å². The van der Waals surface area contributed by atoms with Crippen LogP contribution < -0.4 is 4.90 Å². The lowest BCUT2D eigenvalue weighted by atomic mass is 10.1. The standard InChI is InChI=1S/C26H20N2O3S2/c1-33(30,31)22-13-14-23-24(16-22)32-26(27-23)28(17-18-7-3-2-4-8-18)25(29)21-12-11-19-9-5-6-10-20(19)15-21/h2-16H,17H2,1H3. The summed E-state index contributed by atoms with van der Waals surface area (Å²) in [7, 11) is -3.34. The van der Waals surface area contributed by atoms with E-state index in [-0.39, 0.29) is 10.8 Å². The molecule has 5 rings (SSSR count). The molecule has 0 saturated heterocycles. The molecule has 0 aliphatic rings. The van der Waals surface area contributed by atoms with Gasteiger partial charge in [0.05, 0.1) is 21.7 Å². The van der Waals surface area contributed by atoms with Gasteiger partial charge in [-0.3, -0.25) is 9.69 Å². The molecular formula is C26H20N2O3S2. The normalized spacial score (nSPS) is 11.7. The van der Waals surface area contributed by atoms with Crippen molar-refractivity contribution in [3.05, 3.63) is 102 Å². The van der Waals surface area contributed by atoms with Gasteiger partial charge in [-0.1, -0.05) is 72.0 Å². The fourth-order valence-electron chi connectivity index (χ4n) is 3.71. The molecule has 7 heteroatoms. The Kier molecular flexibility index (Phi) is 5.44. The highest BCUT2D eigenvalue weighted by atomic mass is 32.2. The van der Waals surface area contributed by atoms with Crippen molar-refractivity contribution < 1.29 is 13.2 Å². The first-order valence-corrected chi connectivity index (χ1v) is 13.0. The number of thiazole rings is 1. The second kappa shape index (κ2) is 8.42. The number of sulfone groups is 1. The maximum absolute atomic E-state index is 13.7. The van der Waals surface area contributed by atoms with Crippen LogP contribution in [0, 0.1) is 0 Å². The van der Waals surface area contributed by atoms with Gasteiger partial charge in [-0.05, 0) is 46.7 Å². The van der Waals surface area contributed by atoms with Crippen LogP contribution in [0.5, 0.6) is 0 Å². The van der Waals surface area contributed by atoms with E-state index < -0.39 is 9.84 Å². The van der Waals surface area contributed by atoms with Crippen molar-refractivity contribution >= 4 is 53.2 Å². The molecule has 5 aromatic rings. The second-order valence-corrected chi connectivity index (χ2v) is 10.9. The minimum atomic E-state index is -3.34. The molecule has 164 valence electrons. The van der Waals surface area contributed by atoms with Crippen molar-refractivity contribution in [2.75, 3.05) is 11.2 Å². The van der Waals surface area contributed by atoms with Gasteiger partial charge in [0.1, 0.15) is 0 Å². The highest BCUT2D eigenvalue weighted by Crippen LogP contribution is 2.32. The summed E-state index contributed by atoms with van der Waals surface area (Å²) >= 11 is 1.31. The van der Waals surface area contributed by atoms with Gasteiger partial charge in [-0.15, -0.1) is 0 Å². The zero-order chi connectivity index (χ0) is 23.0. The van der Waals surface area contributed by atoms with E-state index in [9.17, 15) is 13.2 Å². The smallest absolute Gasteiger partial charge is 0.260 e. The number of benzene rings is 4. The fourth-order valence-corrected chi connectivity index (χ4v) is 5.43. The van der Waals surface area contributed by atoms with Crippen molar-refractivity contribution in [1.29, 1.82) is 0 Å². The summed E-state index contributed by atoms with van der Waals surface area (Å²) in [5, 5.41) is 2.58. The summed E-state index contributed by atoms with van der Waals surface area (Å²) < 4.78 is 24.7. The quantitative estimate of drug-likeness (QED) is 0.329. The summed E-state index contributed by atoms with van der Waals surface area (Å²) in [6.45, 7) is 0.352. The van der Waals surface area contributed by atoms with E-state index in [0.29, 0.717) is 22.8 Å². The minimum Gasteiger partial charge on any atom is -0.279 e. The van der Waals surface area contributed by atoms with Crippen LogP contribution in [0.4, 0.5) is 5.13 Å². The van der Waals surface area contributed by atoms with E-state index >= 15 is 0 Å². The summed E-state index contributed by atoms with van der Waals surface area (Å²) in [6.07, 6.45) is 1.18. The van der Waals surface area contributed by atoms with Crippen molar-refractivity contribution in [3.8, 4) is 0 Å². The van der Waals surface area contributed by atoms with Gasteiger partial charge >= 0.3 is 0 Å². The number of fused-ring (bicyclic) bond motifs is 2.